The number of carbonyl (C=O) groups is 1. The van der Waals surface area contributed by atoms with Crippen LogP contribution >= 0.6 is 11.3 Å². The van der Waals surface area contributed by atoms with Crippen LogP contribution in [-0.4, -0.2) is 40.5 Å². The minimum Gasteiger partial charge on any atom is -0.376 e. The van der Waals surface area contributed by atoms with Crippen molar-refractivity contribution in [2.75, 3.05) is 18.5 Å². The Morgan fingerprint density at radius 2 is 2.38 bits per heavy atom. The maximum absolute atomic E-state index is 11.8. The van der Waals surface area contributed by atoms with Gasteiger partial charge in [0.1, 0.15) is 5.69 Å². The third-order valence-electron chi connectivity index (χ3n) is 3.04. The zero-order chi connectivity index (χ0) is 14.5. The molecule has 3 rings (SSSR count). The molecule has 0 saturated carbocycles. The van der Waals surface area contributed by atoms with Crippen LogP contribution in [0.4, 0.5) is 9.93 Å². The first-order chi connectivity index (χ1) is 10.3. The van der Waals surface area contributed by atoms with E-state index in [-0.39, 0.29) is 12.1 Å². The summed E-state index contributed by atoms with van der Waals surface area (Å²) in [6.45, 7) is 1.29. The van der Waals surface area contributed by atoms with Gasteiger partial charge < -0.3 is 10.1 Å². The summed E-state index contributed by atoms with van der Waals surface area (Å²) in [5.41, 5.74) is 0.739. The number of rotatable bonds is 4. The number of amides is 2. The van der Waals surface area contributed by atoms with Gasteiger partial charge in [0.05, 0.1) is 6.10 Å². The summed E-state index contributed by atoms with van der Waals surface area (Å²) < 4.78 is 5.44. The third kappa shape index (κ3) is 3.73. The molecule has 0 spiro atoms. The summed E-state index contributed by atoms with van der Waals surface area (Å²) in [4.78, 5) is 16.0. The second kappa shape index (κ2) is 6.59. The SMILES string of the molecule is O=C(NC[C@@H]1CCCO1)Nc1nnc(-c2ccccn2)s1. The second-order valence-electron chi connectivity index (χ2n) is 4.60. The normalized spacial score (nSPS) is 17.6. The van der Waals surface area contributed by atoms with Crippen LogP contribution in [0.3, 0.4) is 0 Å². The lowest BCUT2D eigenvalue weighted by Crippen LogP contribution is -2.34. The number of nitrogens with zero attached hydrogens (tertiary/aromatic N) is 3. The first-order valence-electron chi connectivity index (χ1n) is 6.72. The first-order valence-corrected chi connectivity index (χ1v) is 7.54. The molecular weight excluding hydrogens is 290 g/mol. The molecule has 0 aliphatic carbocycles. The highest BCUT2D eigenvalue weighted by Crippen LogP contribution is 2.24. The van der Waals surface area contributed by atoms with Crippen LogP contribution in [0.15, 0.2) is 24.4 Å². The largest absolute Gasteiger partial charge is 0.376 e. The zero-order valence-corrected chi connectivity index (χ0v) is 12.1. The van der Waals surface area contributed by atoms with Gasteiger partial charge in [0.2, 0.25) is 5.13 Å². The number of carbonyl (C=O) groups excluding carboxylic acids is 1. The highest BCUT2D eigenvalue weighted by atomic mass is 32.1. The van der Waals surface area contributed by atoms with Crippen LogP contribution in [0, 0.1) is 0 Å². The van der Waals surface area contributed by atoms with E-state index in [1.54, 1.807) is 6.20 Å². The highest BCUT2D eigenvalue weighted by molar-refractivity contribution is 7.18. The topological polar surface area (TPSA) is 89.0 Å². The van der Waals surface area contributed by atoms with Crippen molar-refractivity contribution in [2.24, 2.45) is 0 Å². The zero-order valence-electron chi connectivity index (χ0n) is 11.3. The van der Waals surface area contributed by atoms with E-state index in [4.69, 9.17) is 4.74 Å². The molecule has 1 aliphatic heterocycles. The minimum absolute atomic E-state index is 0.120. The lowest BCUT2D eigenvalue weighted by molar-refractivity contribution is 0.112. The smallest absolute Gasteiger partial charge is 0.321 e. The van der Waals surface area contributed by atoms with E-state index >= 15 is 0 Å². The van der Waals surface area contributed by atoms with Gasteiger partial charge in [0, 0.05) is 19.3 Å². The van der Waals surface area contributed by atoms with E-state index in [1.165, 1.54) is 11.3 Å². The minimum atomic E-state index is -0.297. The summed E-state index contributed by atoms with van der Waals surface area (Å²) in [5.74, 6) is 0. The van der Waals surface area contributed by atoms with Gasteiger partial charge in [-0.05, 0) is 25.0 Å². The average Bonchev–Trinajstić information content (AvgIpc) is 3.17. The van der Waals surface area contributed by atoms with Gasteiger partial charge in [-0.15, -0.1) is 10.2 Å². The molecule has 2 aromatic rings. The summed E-state index contributed by atoms with van der Waals surface area (Å²) >= 11 is 1.28. The van der Waals surface area contributed by atoms with Crippen molar-refractivity contribution < 1.29 is 9.53 Å². The average molecular weight is 305 g/mol. The molecule has 7 nitrogen and oxygen atoms in total. The van der Waals surface area contributed by atoms with Crippen LogP contribution in [-0.2, 0) is 4.74 Å². The van der Waals surface area contributed by atoms with Crippen molar-refractivity contribution >= 4 is 22.5 Å². The monoisotopic (exact) mass is 305 g/mol. The van der Waals surface area contributed by atoms with Crippen molar-refractivity contribution in [1.29, 1.82) is 0 Å². The Labute approximate surface area is 125 Å². The van der Waals surface area contributed by atoms with Crippen molar-refractivity contribution in [3.63, 3.8) is 0 Å². The molecule has 2 amide bonds. The summed E-state index contributed by atoms with van der Waals surface area (Å²) in [7, 11) is 0. The van der Waals surface area contributed by atoms with Crippen molar-refractivity contribution in [2.45, 2.75) is 18.9 Å². The first kappa shape index (κ1) is 13.9. The van der Waals surface area contributed by atoms with Gasteiger partial charge in [-0.1, -0.05) is 17.4 Å². The van der Waals surface area contributed by atoms with E-state index in [1.807, 2.05) is 18.2 Å². The standard InChI is InChI=1S/C13H15N5O2S/c19-12(15-8-9-4-3-7-20-9)16-13-18-17-11(21-13)10-5-1-2-6-14-10/h1-2,5-6,9H,3-4,7-8H2,(H2,15,16,18,19)/t9-/m0/s1. The van der Waals surface area contributed by atoms with Crippen LogP contribution < -0.4 is 10.6 Å². The van der Waals surface area contributed by atoms with Gasteiger partial charge >= 0.3 is 6.03 Å². The van der Waals surface area contributed by atoms with Gasteiger partial charge in [-0.2, -0.15) is 0 Å². The molecule has 110 valence electrons. The van der Waals surface area contributed by atoms with E-state index in [9.17, 15) is 4.79 Å². The lowest BCUT2D eigenvalue weighted by atomic mass is 10.2. The molecule has 3 heterocycles. The summed E-state index contributed by atoms with van der Waals surface area (Å²) in [6.07, 6.45) is 3.85. The number of nitrogens with one attached hydrogen (secondary N) is 2. The van der Waals surface area contributed by atoms with Gasteiger partial charge in [-0.3, -0.25) is 10.3 Å². The Balaban J connectivity index is 1.53. The van der Waals surface area contributed by atoms with E-state index in [0.717, 1.165) is 25.1 Å². The quantitative estimate of drug-likeness (QED) is 0.900. The number of hydrogen-bond acceptors (Lipinski definition) is 6. The fourth-order valence-electron chi connectivity index (χ4n) is 2.02. The Morgan fingerprint density at radius 1 is 1.43 bits per heavy atom. The number of anilines is 1. The van der Waals surface area contributed by atoms with Crippen molar-refractivity contribution in [1.82, 2.24) is 20.5 Å². The predicted molar refractivity (Wildman–Crippen MR) is 79.1 cm³/mol. The molecule has 21 heavy (non-hydrogen) atoms. The maximum Gasteiger partial charge on any atom is 0.321 e. The molecule has 1 aliphatic rings. The van der Waals surface area contributed by atoms with Gasteiger partial charge in [0.25, 0.3) is 0 Å². The number of hydrogen-bond donors (Lipinski definition) is 2. The van der Waals surface area contributed by atoms with Crippen LogP contribution in [0.2, 0.25) is 0 Å². The third-order valence-corrected chi connectivity index (χ3v) is 3.90. The van der Waals surface area contributed by atoms with Gasteiger partial charge in [-0.25, -0.2) is 4.79 Å². The molecule has 8 heteroatoms. The van der Waals surface area contributed by atoms with Crippen LogP contribution in [0.1, 0.15) is 12.8 Å². The predicted octanol–water partition coefficient (Wildman–Crippen LogP) is 1.90. The van der Waals surface area contributed by atoms with E-state index < -0.39 is 0 Å². The highest BCUT2D eigenvalue weighted by Gasteiger charge is 2.16. The second-order valence-corrected chi connectivity index (χ2v) is 5.57. The summed E-state index contributed by atoms with van der Waals surface area (Å²) in [5, 5.41) is 14.5. The van der Waals surface area contributed by atoms with Crippen molar-refractivity contribution in [3.8, 4) is 10.7 Å². The number of ether oxygens (including phenoxy) is 1. The molecule has 0 aromatic carbocycles. The molecule has 1 atom stereocenters. The number of pyridine rings is 1. The Hall–Kier alpha value is -2.06. The maximum atomic E-state index is 11.8. The van der Waals surface area contributed by atoms with E-state index in [0.29, 0.717) is 16.7 Å². The molecule has 2 aromatic heterocycles. The molecule has 0 bridgehead atoms. The molecule has 0 unspecified atom stereocenters. The number of aromatic nitrogens is 3. The Bertz CT molecular complexity index is 598. The molecule has 1 saturated heterocycles. The number of urea groups is 1. The molecule has 2 N–H and O–H groups in total. The van der Waals surface area contributed by atoms with Crippen LogP contribution in [0.25, 0.3) is 10.7 Å². The summed E-state index contributed by atoms with van der Waals surface area (Å²) in [6, 6.07) is 5.27. The fraction of sp³-hybridized carbons (Fsp3) is 0.385. The fourth-order valence-corrected chi connectivity index (χ4v) is 2.74. The lowest BCUT2D eigenvalue weighted by Gasteiger charge is -2.10. The molecule has 1 fully saturated rings. The van der Waals surface area contributed by atoms with Crippen LogP contribution in [0.5, 0.6) is 0 Å². The Kier molecular flexibility index (Phi) is 4.37. The molecule has 0 radical (unpaired) electrons. The van der Waals surface area contributed by atoms with Gasteiger partial charge in [0.15, 0.2) is 5.01 Å². The van der Waals surface area contributed by atoms with E-state index in [2.05, 4.69) is 25.8 Å². The molecular formula is C13H15N5O2S. The van der Waals surface area contributed by atoms with Crippen molar-refractivity contribution in [3.05, 3.63) is 24.4 Å². The Morgan fingerprint density at radius 3 is 3.14 bits per heavy atom.